The summed E-state index contributed by atoms with van der Waals surface area (Å²) >= 11 is 6.35. The van der Waals surface area contributed by atoms with Crippen molar-refractivity contribution < 1.29 is 23.5 Å². The predicted molar refractivity (Wildman–Crippen MR) is 174 cm³/mol. The zero-order valence-corrected chi connectivity index (χ0v) is 27.7. The lowest BCUT2D eigenvalue weighted by Gasteiger charge is -2.37. The van der Waals surface area contributed by atoms with Crippen molar-refractivity contribution in [3.05, 3.63) is 91.4 Å². The summed E-state index contributed by atoms with van der Waals surface area (Å²) in [5, 5.41) is 9.59. The number of carboxylic acids is 1. The number of aromatic nitrogens is 1. The Balaban J connectivity index is 1.71. The smallest absolute Gasteiger partial charge is 0.303 e. The minimum Gasteiger partial charge on any atom is -0.481 e. The average molecular weight is 641 g/mol. The first kappa shape index (κ1) is 34.5. The van der Waals surface area contributed by atoms with Gasteiger partial charge in [0.2, 0.25) is 0 Å². The van der Waals surface area contributed by atoms with Gasteiger partial charge >= 0.3 is 5.97 Å². The van der Waals surface area contributed by atoms with Gasteiger partial charge in [-0.25, -0.2) is 8.78 Å². The van der Waals surface area contributed by atoms with Gasteiger partial charge < -0.3 is 14.6 Å². The van der Waals surface area contributed by atoms with Crippen LogP contribution in [0.5, 0.6) is 0 Å². The van der Waals surface area contributed by atoms with E-state index in [-0.39, 0.29) is 34.3 Å². The minimum atomic E-state index is -1.20. The molecule has 2 aromatic carbocycles. The molecule has 0 amide bonds. The molecule has 0 radical (unpaired) electrons. The number of rotatable bonds is 13. The molecule has 4 rings (SSSR count). The van der Waals surface area contributed by atoms with Gasteiger partial charge in [0.15, 0.2) is 5.78 Å². The summed E-state index contributed by atoms with van der Waals surface area (Å²) < 4.78 is 31.2. The van der Waals surface area contributed by atoms with Crippen LogP contribution in [0.1, 0.15) is 79.8 Å². The molecular formula is C36H43ClF2N2O4. The minimum absolute atomic E-state index is 0.000362. The van der Waals surface area contributed by atoms with Crippen molar-refractivity contribution in [3.8, 4) is 11.1 Å². The van der Waals surface area contributed by atoms with Gasteiger partial charge in [-0.05, 0) is 109 Å². The van der Waals surface area contributed by atoms with E-state index in [0.717, 1.165) is 37.2 Å². The Morgan fingerprint density at radius 3 is 2.22 bits per heavy atom. The standard InChI is InChI=1S/C36H43ClF2N2O4/c1-20(2)9-31(41-19-25(22(4)12-33(41)43)7-8-40-17-21(3)18-40)32(42)15-26(16-34(44)45)29-13-27(14-30(37)36(29)39)35-23(5)10-28(38)11-24(35)6/h10-14,19-21,26,31H,7-9,15-18H2,1-6H3,(H,44,45)/t26-,31?/m0/s1. The number of nitrogens with zero attached hydrogens (tertiary/aromatic N) is 2. The van der Waals surface area contributed by atoms with Crippen LogP contribution >= 0.6 is 11.6 Å². The molecule has 1 aliphatic rings. The maximum atomic E-state index is 15.7. The maximum absolute atomic E-state index is 15.7. The Kier molecular flexibility index (Phi) is 11.0. The van der Waals surface area contributed by atoms with Crippen LogP contribution in [0.2, 0.25) is 5.02 Å². The molecule has 45 heavy (non-hydrogen) atoms. The molecule has 0 spiro atoms. The van der Waals surface area contributed by atoms with E-state index in [2.05, 4.69) is 11.8 Å². The fourth-order valence-corrected chi connectivity index (χ4v) is 6.85. The summed E-state index contributed by atoms with van der Waals surface area (Å²) in [6.45, 7) is 14.4. The molecule has 3 aromatic rings. The molecule has 1 saturated heterocycles. The Morgan fingerprint density at radius 2 is 1.64 bits per heavy atom. The number of likely N-dealkylation sites (tertiary alicyclic amines) is 1. The monoisotopic (exact) mass is 640 g/mol. The zero-order valence-electron chi connectivity index (χ0n) is 26.9. The summed E-state index contributed by atoms with van der Waals surface area (Å²) in [7, 11) is 0. The molecule has 1 aliphatic heterocycles. The summed E-state index contributed by atoms with van der Waals surface area (Å²) in [6.07, 6.45) is 2.06. The van der Waals surface area contributed by atoms with Crippen LogP contribution < -0.4 is 5.56 Å². The lowest BCUT2D eigenvalue weighted by Crippen LogP contribution is -2.45. The number of carboxylic acid groups (broad SMARTS) is 1. The molecule has 1 N–H and O–H groups in total. The number of aliphatic carboxylic acids is 1. The number of hydrogen-bond acceptors (Lipinski definition) is 4. The van der Waals surface area contributed by atoms with Crippen LogP contribution in [0.15, 0.2) is 41.3 Å². The zero-order chi connectivity index (χ0) is 33.2. The van der Waals surface area contributed by atoms with Gasteiger partial charge in [-0.2, -0.15) is 0 Å². The Hall–Kier alpha value is -3.36. The van der Waals surface area contributed by atoms with Crippen LogP contribution in [-0.4, -0.2) is 46.0 Å². The van der Waals surface area contributed by atoms with E-state index < -0.39 is 36.0 Å². The van der Waals surface area contributed by atoms with Gasteiger partial charge in [0.1, 0.15) is 11.6 Å². The van der Waals surface area contributed by atoms with Crippen LogP contribution in [0.4, 0.5) is 8.78 Å². The van der Waals surface area contributed by atoms with E-state index in [1.165, 1.54) is 28.8 Å². The molecule has 9 heteroatoms. The average Bonchev–Trinajstić information content (AvgIpc) is 2.90. The molecule has 2 heterocycles. The van der Waals surface area contributed by atoms with Gasteiger partial charge in [0.05, 0.1) is 17.5 Å². The molecule has 1 aromatic heterocycles. The van der Waals surface area contributed by atoms with Crippen molar-refractivity contribution in [1.29, 1.82) is 0 Å². The van der Waals surface area contributed by atoms with E-state index in [1.807, 2.05) is 20.8 Å². The third-order valence-electron chi connectivity index (χ3n) is 8.79. The molecule has 0 bridgehead atoms. The molecule has 0 saturated carbocycles. The fourth-order valence-electron chi connectivity index (χ4n) is 6.63. The Labute approximate surface area is 269 Å². The van der Waals surface area contributed by atoms with Gasteiger partial charge in [-0.15, -0.1) is 0 Å². The highest BCUT2D eigenvalue weighted by molar-refractivity contribution is 6.31. The van der Waals surface area contributed by atoms with Crippen molar-refractivity contribution in [2.45, 2.75) is 79.2 Å². The topological polar surface area (TPSA) is 79.6 Å². The van der Waals surface area contributed by atoms with Crippen LogP contribution in [0.25, 0.3) is 11.1 Å². The number of carbonyl (C=O) groups excluding carboxylic acids is 1. The normalized spacial score (nSPS) is 15.2. The number of carbonyl (C=O) groups is 2. The fraction of sp³-hybridized carbons (Fsp3) is 0.472. The highest BCUT2D eigenvalue weighted by Gasteiger charge is 2.30. The third kappa shape index (κ3) is 8.27. The van der Waals surface area contributed by atoms with Crippen molar-refractivity contribution in [1.82, 2.24) is 9.47 Å². The van der Waals surface area contributed by atoms with Gasteiger partial charge in [0.25, 0.3) is 5.56 Å². The number of pyridine rings is 1. The Bertz CT molecular complexity index is 1620. The SMILES string of the molecule is Cc1cc(=O)n(C(CC(C)C)C(=O)C[C@@H](CC(=O)O)c2cc(-c3c(C)cc(F)cc3C)cc(Cl)c2F)cc1CCN1CC(C)C1. The van der Waals surface area contributed by atoms with E-state index in [1.54, 1.807) is 26.1 Å². The quantitative estimate of drug-likeness (QED) is 0.207. The second-order valence-corrected chi connectivity index (χ2v) is 13.6. The van der Waals surface area contributed by atoms with E-state index in [0.29, 0.717) is 34.6 Å². The van der Waals surface area contributed by atoms with Crippen molar-refractivity contribution in [3.63, 3.8) is 0 Å². The van der Waals surface area contributed by atoms with E-state index >= 15 is 4.39 Å². The summed E-state index contributed by atoms with van der Waals surface area (Å²) in [6, 6.07) is 6.39. The second-order valence-electron chi connectivity index (χ2n) is 13.2. The molecule has 1 unspecified atom stereocenters. The number of halogens is 3. The van der Waals surface area contributed by atoms with Crippen LogP contribution in [0, 0.1) is 44.2 Å². The Morgan fingerprint density at radius 1 is 1.00 bits per heavy atom. The van der Waals surface area contributed by atoms with Gasteiger partial charge in [0, 0.05) is 44.2 Å². The number of ketones is 1. The first-order chi connectivity index (χ1) is 21.1. The van der Waals surface area contributed by atoms with Crippen molar-refractivity contribution >= 4 is 23.4 Å². The molecule has 2 atom stereocenters. The second kappa shape index (κ2) is 14.4. The number of benzene rings is 2. The molecule has 1 fully saturated rings. The molecular weight excluding hydrogens is 598 g/mol. The maximum Gasteiger partial charge on any atom is 0.303 e. The largest absolute Gasteiger partial charge is 0.481 e. The lowest BCUT2D eigenvalue weighted by molar-refractivity contribution is -0.137. The van der Waals surface area contributed by atoms with Crippen molar-refractivity contribution in [2.24, 2.45) is 11.8 Å². The van der Waals surface area contributed by atoms with Crippen LogP contribution in [-0.2, 0) is 16.0 Å². The summed E-state index contributed by atoms with van der Waals surface area (Å²) in [5.41, 5.74) is 3.93. The molecule has 6 nitrogen and oxygen atoms in total. The number of aryl methyl sites for hydroxylation is 3. The first-order valence-corrected chi connectivity index (χ1v) is 16.0. The third-order valence-corrected chi connectivity index (χ3v) is 9.06. The molecule has 0 aliphatic carbocycles. The van der Waals surface area contributed by atoms with E-state index in [9.17, 15) is 23.9 Å². The number of Topliss-reactive ketones (excluding diaryl/α,β-unsaturated/α-hetero) is 1. The summed E-state index contributed by atoms with van der Waals surface area (Å²) in [4.78, 5) is 41.8. The van der Waals surface area contributed by atoms with Gasteiger partial charge in [-0.1, -0.05) is 32.4 Å². The first-order valence-electron chi connectivity index (χ1n) is 15.6. The predicted octanol–water partition coefficient (Wildman–Crippen LogP) is 7.67. The van der Waals surface area contributed by atoms with E-state index in [4.69, 9.17) is 11.6 Å². The van der Waals surface area contributed by atoms with Gasteiger partial charge in [-0.3, -0.25) is 14.4 Å². The summed E-state index contributed by atoms with van der Waals surface area (Å²) in [5.74, 6) is -3.06. The van der Waals surface area contributed by atoms with Crippen LogP contribution in [0.3, 0.4) is 0 Å². The molecule has 242 valence electrons. The lowest BCUT2D eigenvalue weighted by atomic mass is 9.84. The highest BCUT2D eigenvalue weighted by Crippen LogP contribution is 2.38. The highest BCUT2D eigenvalue weighted by atomic mass is 35.5. The van der Waals surface area contributed by atoms with Crippen molar-refractivity contribution in [2.75, 3.05) is 19.6 Å². The number of hydrogen-bond donors (Lipinski definition) is 1.